The standard InChI is InChI=1S/C8H14O/c1-6-4-7(9)5-8(6,2)3/h7,9H,1,4-5H2,2-3H3. The molecular formula is C8H14O. The van der Waals surface area contributed by atoms with E-state index in [2.05, 4.69) is 20.4 Å². The molecule has 0 heterocycles. The maximum absolute atomic E-state index is 9.17. The fraction of sp³-hybridized carbons (Fsp3) is 0.750. The molecule has 0 aromatic heterocycles. The van der Waals surface area contributed by atoms with Gasteiger partial charge in [0.15, 0.2) is 0 Å². The van der Waals surface area contributed by atoms with E-state index in [0.717, 1.165) is 12.8 Å². The predicted molar refractivity (Wildman–Crippen MR) is 38.2 cm³/mol. The first-order valence-corrected chi connectivity index (χ1v) is 3.39. The molecule has 1 N–H and O–H groups in total. The van der Waals surface area contributed by atoms with Crippen LogP contribution >= 0.6 is 0 Å². The van der Waals surface area contributed by atoms with E-state index >= 15 is 0 Å². The highest BCUT2D eigenvalue weighted by atomic mass is 16.3. The molecule has 0 spiro atoms. The van der Waals surface area contributed by atoms with Crippen LogP contribution in [0.2, 0.25) is 0 Å². The van der Waals surface area contributed by atoms with Gasteiger partial charge in [0.2, 0.25) is 0 Å². The maximum Gasteiger partial charge on any atom is 0.0585 e. The van der Waals surface area contributed by atoms with E-state index in [1.54, 1.807) is 0 Å². The van der Waals surface area contributed by atoms with Crippen LogP contribution < -0.4 is 0 Å². The van der Waals surface area contributed by atoms with Gasteiger partial charge in [0, 0.05) is 0 Å². The van der Waals surface area contributed by atoms with Crippen LogP contribution in [0.3, 0.4) is 0 Å². The Morgan fingerprint density at radius 1 is 1.67 bits per heavy atom. The SMILES string of the molecule is C=C1CC(O)CC1(C)C. The van der Waals surface area contributed by atoms with Crippen molar-refractivity contribution < 1.29 is 5.11 Å². The summed E-state index contributed by atoms with van der Waals surface area (Å²) in [5.41, 5.74) is 1.37. The molecular weight excluding hydrogens is 112 g/mol. The van der Waals surface area contributed by atoms with E-state index in [9.17, 15) is 5.11 Å². The lowest BCUT2D eigenvalue weighted by atomic mass is 9.88. The average Bonchev–Trinajstić information content (AvgIpc) is 1.79. The smallest absolute Gasteiger partial charge is 0.0585 e. The van der Waals surface area contributed by atoms with Gasteiger partial charge in [-0.3, -0.25) is 0 Å². The summed E-state index contributed by atoms with van der Waals surface area (Å²) in [7, 11) is 0. The minimum atomic E-state index is -0.132. The van der Waals surface area contributed by atoms with E-state index in [0.29, 0.717) is 0 Å². The van der Waals surface area contributed by atoms with Gasteiger partial charge < -0.3 is 5.11 Å². The summed E-state index contributed by atoms with van der Waals surface area (Å²) in [5, 5.41) is 9.17. The molecule has 0 saturated heterocycles. The molecule has 0 radical (unpaired) electrons. The van der Waals surface area contributed by atoms with Crippen molar-refractivity contribution in [2.24, 2.45) is 5.41 Å². The molecule has 1 aliphatic carbocycles. The fourth-order valence-corrected chi connectivity index (χ4v) is 1.37. The van der Waals surface area contributed by atoms with Gasteiger partial charge in [-0.15, -0.1) is 0 Å². The van der Waals surface area contributed by atoms with E-state index < -0.39 is 0 Å². The van der Waals surface area contributed by atoms with Crippen LogP contribution in [0.1, 0.15) is 26.7 Å². The summed E-state index contributed by atoms with van der Waals surface area (Å²) in [6.07, 6.45) is 1.55. The summed E-state index contributed by atoms with van der Waals surface area (Å²) in [6.45, 7) is 8.16. The summed E-state index contributed by atoms with van der Waals surface area (Å²) >= 11 is 0. The van der Waals surface area contributed by atoms with Crippen molar-refractivity contribution in [3.05, 3.63) is 12.2 Å². The van der Waals surface area contributed by atoms with Crippen molar-refractivity contribution in [3.8, 4) is 0 Å². The molecule has 52 valence electrons. The molecule has 9 heavy (non-hydrogen) atoms. The Morgan fingerprint density at radius 2 is 2.22 bits per heavy atom. The number of hydrogen-bond donors (Lipinski definition) is 1. The van der Waals surface area contributed by atoms with Crippen molar-refractivity contribution in [1.82, 2.24) is 0 Å². The van der Waals surface area contributed by atoms with E-state index in [4.69, 9.17) is 0 Å². The van der Waals surface area contributed by atoms with Crippen LogP contribution in [0.25, 0.3) is 0 Å². The van der Waals surface area contributed by atoms with Crippen LogP contribution in [-0.2, 0) is 0 Å². The highest BCUT2D eigenvalue weighted by molar-refractivity contribution is 5.14. The summed E-state index contributed by atoms with van der Waals surface area (Å²) in [4.78, 5) is 0. The van der Waals surface area contributed by atoms with Crippen molar-refractivity contribution in [2.75, 3.05) is 0 Å². The van der Waals surface area contributed by atoms with Crippen LogP contribution in [0.5, 0.6) is 0 Å². The Bertz CT molecular complexity index is 136. The molecule has 0 aromatic rings. The normalized spacial score (nSPS) is 33.2. The molecule has 0 aliphatic heterocycles. The molecule has 1 fully saturated rings. The topological polar surface area (TPSA) is 20.2 Å². The van der Waals surface area contributed by atoms with Crippen LogP contribution in [0.15, 0.2) is 12.2 Å². The van der Waals surface area contributed by atoms with Gasteiger partial charge in [0.1, 0.15) is 0 Å². The molecule has 1 nitrogen and oxygen atoms in total. The average molecular weight is 126 g/mol. The lowest BCUT2D eigenvalue weighted by molar-refractivity contribution is 0.168. The molecule has 1 atom stereocenters. The van der Waals surface area contributed by atoms with Crippen LogP contribution in [0.4, 0.5) is 0 Å². The maximum atomic E-state index is 9.17. The molecule has 0 aromatic carbocycles. The number of aliphatic hydroxyl groups excluding tert-OH is 1. The molecule has 0 bridgehead atoms. The van der Waals surface area contributed by atoms with Crippen LogP contribution in [-0.4, -0.2) is 11.2 Å². The van der Waals surface area contributed by atoms with E-state index in [1.165, 1.54) is 5.57 Å². The van der Waals surface area contributed by atoms with Crippen molar-refractivity contribution >= 4 is 0 Å². The quantitative estimate of drug-likeness (QED) is 0.490. The zero-order valence-corrected chi connectivity index (χ0v) is 6.15. The van der Waals surface area contributed by atoms with Gasteiger partial charge in [0.25, 0.3) is 0 Å². The van der Waals surface area contributed by atoms with Gasteiger partial charge in [-0.05, 0) is 18.3 Å². The molecule has 1 heteroatoms. The predicted octanol–water partition coefficient (Wildman–Crippen LogP) is 1.72. The van der Waals surface area contributed by atoms with Crippen LogP contribution in [0, 0.1) is 5.41 Å². The zero-order chi connectivity index (χ0) is 7.07. The highest BCUT2D eigenvalue weighted by Gasteiger charge is 2.32. The second kappa shape index (κ2) is 1.84. The number of hydrogen-bond acceptors (Lipinski definition) is 1. The van der Waals surface area contributed by atoms with Gasteiger partial charge in [-0.25, -0.2) is 0 Å². The van der Waals surface area contributed by atoms with Gasteiger partial charge in [-0.1, -0.05) is 26.0 Å². The fourth-order valence-electron chi connectivity index (χ4n) is 1.37. The summed E-state index contributed by atoms with van der Waals surface area (Å²) < 4.78 is 0. The van der Waals surface area contributed by atoms with E-state index in [-0.39, 0.29) is 11.5 Å². The summed E-state index contributed by atoms with van der Waals surface area (Å²) in [5.74, 6) is 0. The molecule has 1 saturated carbocycles. The minimum absolute atomic E-state index is 0.132. The second-order valence-electron chi connectivity index (χ2n) is 3.55. The lowest BCUT2D eigenvalue weighted by Gasteiger charge is -2.17. The zero-order valence-electron chi connectivity index (χ0n) is 6.15. The Balaban J connectivity index is 2.70. The largest absolute Gasteiger partial charge is 0.393 e. The van der Waals surface area contributed by atoms with Gasteiger partial charge in [-0.2, -0.15) is 0 Å². The molecule has 1 unspecified atom stereocenters. The highest BCUT2D eigenvalue weighted by Crippen LogP contribution is 2.40. The Hall–Kier alpha value is -0.300. The van der Waals surface area contributed by atoms with Crippen molar-refractivity contribution in [2.45, 2.75) is 32.8 Å². The Morgan fingerprint density at radius 3 is 2.33 bits per heavy atom. The van der Waals surface area contributed by atoms with Gasteiger partial charge >= 0.3 is 0 Å². The first kappa shape index (κ1) is 6.81. The number of aliphatic hydroxyl groups is 1. The molecule has 0 amide bonds. The monoisotopic (exact) mass is 126 g/mol. The Labute approximate surface area is 56.4 Å². The third-order valence-electron chi connectivity index (χ3n) is 2.19. The number of rotatable bonds is 0. The molecule has 1 rings (SSSR count). The molecule has 1 aliphatic rings. The van der Waals surface area contributed by atoms with Crippen molar-refractivity contribution in [3.63, 3.8) is 0 Å². The van der Waals surface area contributed by atoms with Gasteiger partial charge in [0.05, 0.1) is 6.10 Å². The second-order valence-corrected chi connectivity index (χ2v) is 3.55. The van der Waals surface area contributed by atoms with Crippen molar-refractivity contribution in [1.29, 1.82) is 0 Å². The van der Waals surface area contributed by atoms with E-state index in [1.807, 2.05) is 0 Å². The third kappa shape index (κ3) is 1.16. The third-order valence-corrected chi connectivity index (χ3v) is 2.19. The lowest BCUT2D eigenvalue weighted by Crippen LogP contribution is -2.08. The first-order chi connectivity index (χ1) is 4.02. The first-order valence-electron chi connectivity index (χ1n) is 3.39. The minimum Gasteiger partial charge on any atom is -0.393 e. The Kier molecular flexibility index (Phi) is 1.39. The summed E-state index contributed by atoms with van der Waals surface area (Å²) in [6, 6.07) is 0.